The number of ether oxygens (including phenoxy) is 1. The Morgan fingerprint density at radius 3 is 2.56 bits per heavy atom. The largest absolute Gasteiger partial charge is 0.473 e. The molecular weight excluding hydrogens is 381 g/mol. The number of pyridine rings is 1. The van der Waals surface area contributed by atoms with Crippen LogP contribution in [-0.4, -0.2) is 36.9 Å². The summed E-state index contributed by atoms with van der Waals surface area (Å²) in [5.41, 5.74) is 1.01. The van der Waals surface area contributed by atoms with Gasteiger partial charge in [-0.25, -0.2) is 13.4 Å². The fourth-order valence-corrected chi connectivity index (χ4v) is 4.43. The first-order valence-corrected chi connectivity index (χ1v) is 9.79. The number of alkyl halides is 3. The van der Waals surface area contributed by atoms with Crippen LogP contribution in [0.5, 0.6) is 5.88 Å². The van der Waals surface area contributed by atoms with E-state index in [0.29, 0.717) is 6.42 Å². The van der Waals surface area contributed by atoms with Crippen molar-refractivity contribution < 1.29 is 26.3 Å². The Hall–Kier alpha value is -2.13. The second-order valence-electron chi connectivity index (χ2n) is 6.52. The predicted molar refractivity (Wildman–Crippen MR) is 92.9 cm³/mol. The summed E-state index contributed by atoms with van der Waals surface area (Å²) in [6.45, 7) is 4.03. The first-order valence-electron chi connectivity index (χ1n) is 8.34. The number of nitrogens with zero attached hydrogens (tertiary/aromatic N) is 2. The summed E-state index contributed by atoms with van der Waals surface area (Å²) in [5, 5.41) is 0. The highest BCUT2D eigenvalue weighted by atomic mass is 32.2. The third kappa shape index (κ3) is 4.24. The van der Waals surface area contributed by atoms with Crippen LogP contribution in [0, 0.1) is 13.8 Å². The van der Waals surface area contributed by atoms with Crippen LogP contribution in [0.2, 0.25) is 0 Å². The maximum Gasteiger partial charge on any atom is 0.416 e. The first kappa shape index (κ1) is 19.6. The second kappa shape index (κ2) is 7.12. The van der Waals surface area contributed by atoms with Gasteiger partial charge in [0, 0.05) is 18.8 Å². The monoisotopic (exact) mass is 400 g/mol. The van der Waals surface area contributed by atoms with Crippen LogP contribution >= 0.6 is 0 Å². The number of aryl methyl sites for hydroxylation is 2. The highest BCUT2D eigenvalue weighted by molar-refractivity contribution is 7.89. The van der Waals surface area contributed by atoms with Crippen molar-refractivity contribution in [3.05, 3.63) is 53.2 Å². The van der Waals surface area contributed by atoms with E-state index in [1.54, 1.807) is 18.2 Å². The Balaban J connectivity index is 1.72. The Morgan fingerprint density at radius 2 is 1.89 bits per heavy atom. The Morgan fingerprint density at radius 1 is 1.15 bits per heavy atom. The van der Waals surface area contributed by atoms with Gasteiger partial charge >= 0.3 is 6.18 Å². The Kier molecular flexibility index (Phi) is 5.18. The lowest BCUT2D eigenvalue weighted by Crippen LogP contribution is -2.31. The van der Waals surface area contributed by atoms with E-state index in [0.717, 1.165) is 29.5 Å². The number of sulfonamides is 1. The summed E-state index contributed by atoms with van der Waals surface area (Å²) in [7, 11) is -3.68. The van der Waals surface area contributed by atoms with Crippen LogP contribution in [0.4, 0.5) is 13.2 Å². The number of halogens is 3. The average molecular weight is 400 g/mol. The summed E-state index contributed by atoms with van der Waals surface area (Å²) in [5.74, 6) is -0.166. The van der Waals surface area contributed by atoms with E-state index in [1.165, 1.54) is 4.31 Å². The van der Waals surface area contributed by atoms with Crippen molar-refractivity contribution >= 4 is 10.0 Å². The molecule has 1 saturated heterocycles. The molecule has 1 unspecified atom stereocenters. The first-order chi connectivity index (χ1) is 12.6. The SMILES string of the molecule is Cc1ccc(S(=O)(=O)N2CCC(Oc3cc(C(F)(F)F)ccn3)C2)cc1C. The van der Waals surface area contributed by atoms with Crippen molar-refractivity contribution in [1.29, 1.82) is 0 Å². The normalized spacial score (nSPS) is 18.6. The number of hydrogen-bond donors (Lipinski definition) is 0. The van der Waals surface area contributed by atoms with Crippen LogP contribution in [-0.2, 0) is 16.2 Å². The number of aromatic nitrogens is 1. The van der Waals surface area contributed by atoms with Gasteiger partial charge in [-0.3, -0.25) is 0 Å². The molecule has 1 fully saturated rings. The number of benzene rings is 1. The standard InChI is InChI=1S/C18H19F3N2O3S/c1-12-3-4-16(9-13(12)2)27(24,25)23-8-6-15(11-23)26-17-10-14(5-7-22-17)18(19,20)21/h3-5,7,9-10,15H,6,8,11H2,1-2H3. The highest BCUT2D eigenvalue weighted by Crippen LogP contribution is 2.31. The van der Waals surface area contributed by atoms with Crippen LogP contribution in [0.25, 0.3) is 0 Å². The van der Waals surface area contributed by atoms with E-state index in [2.05, 4.69) is 4.98 Å². The van der Waals surface area contributed by atoms with E-state index in [9.17, 15) is 21.6 Å². The molecule has 27 heavy (non-hydrogen) atoms. The zero-order chi connectivity index (χ0) is 19.8. The maximum atomic E-state index is 12.8. The smallest absolute Gasteiger partial charge is 0.416 e. The Labute approximate surface area is 155 Å². The second-order valence-corrected chi connectivity index (χ2v) is 8.46. The van der Waals surface area contributed by atoms with Crippen LogP contribution < -0.4 is 4.74 Å². The Bertz CT molecular complexity index is 945. The van der Waals surface area contributed by atoms with Gasteiger partial charge in [0.1, 0.15) is 6.10 Å². The molecule has 0 bridgehead atoms. The fraction of sp³-hybridized carbons (Fsp3) is 0.389. The number of hydrogen-bond acceptors (Lipinski definition) is 4. The van der Waals surface area contributed by atoms with Crippen molar-refractivity contribution in [3.63, 3.8) is 0 Å². The summed E-state index contributed by atoms with van der Waals surface area (Å²) in [6, 6.07) is 6.60. The van der Waals surface area contributed by atoms with Crippen LogP contribution in [0.1, 0.15) is 23.1 Å². The molecule has 1 aliphatic heterocycles. The van der Waals surface area contributed by atoms with Crippen LogP contribution in [0.15, 0.2) is 41.4 Å². The van der Waals surface area contributed by atoms with E-state index >= 15 is 0 Å². The molecule has 0 amide bonds. The average Bonchev–Trinajstić information content (AvgIpc) is 3.06. The number of rotatable bonds is 4. The van der Waals surface area contributed by atoms with E-state index < -0.39 is 27.9 Å². The third-order valence-electron chi connectivity index (χ3n) is 4.57. The van der Waals surface area contributed by atoms with Gasteiger partial charge in [0.2, 0.25) is 15.9 Å². The molecule has 0 spiro atoms. The molecule has 146 valence electrons. The summed E-state index contributed by atoms with van der Waals surface area (Å²) in [4.78, 5) is 3.99. The molecule has 9 heteroatoms. The molecule has 0 saturated carbocycles. The molecule has 1 aromatic carbocycles. The molecule has 3 rings (SSSR count). The zero-order valence-electron chi connectivity index (χ0n) is 14.8. The lowest BCUT2D eigenvalue weighted by atomic mass is 10.1. The van der Waals surface area contributed by atoms with Gasteiger partial charge in [-0.1, -0.05) is 6.07 Å². The molecule has 0 aliphatic carbocycles. The molecule has 2 aromatic rings. The predicted octanol–water partition coefficient (Wildman–Crippen LogP) is 3.56. The molecule has 2 heterocycles. The fourth-order valence-electron chi connectivity index (χ4n) is 2.86. The summed E-state index contributed by atoms with van der Waals surface area (Å²) < 4.78 is 70.7. The summed E-state index contributed by atoms with van der Waals surface area (Å²) in [6.07, 6.45) is -3.64. The van der Waals surface area contributed by atoms with Crippen LogP contribution in [0.3, 0.4) is 0 Å². The third-order valence-corrected chi connectivity index (χ3v) is 6.43. The van der Waals surface area contributed by atoms with E-state index in [1.807, 2.05) is 13.8 Å². The quantitative estimate of drug-likeness (QED) is 0.788. The lowest BCUT2D eigenvalue weighted by molar-refractivity contribution is -0.137. The molecule has 5 nitrogen and oxygen atoms in total. The van der Waals surface area contributed by atoms with Gasteiger partial charge in [-0.2, -0.15) is 17.5 Å². The minimum atomic E-state index is -4.49. The van der Waals surface area contributed by atoms with E-state index in [4.69, 9.17) is 4.74 Å². The lowest BCUT2D eigenvalue weighted by Gasteiger charge is -2.18. The minimum Gasteiger partial charge on any atom is -0.473 e. The molecular formula is C18H19F3N2O3S. The van der Waals surface area contributed by atoms with Gasteiger partial charge in [0.25, 0.3) is 0 Å². The minimum absolute atomic E-state index is 0.0627. The van der Waals surface area contributed by atoms with Crippen molar-refractivity contribution in [3.8, 4) is 5.88 Å². The molecule has 0 radical (unpaired) electrons. The molecule has 1 aliphatic rings. The van der Waals surface area contributed by atoms with E-state index in [-0.39, 0.29) is 23.9 Å². The highest BCUT2D eigenvalue weighted by Gasteiger charge is 2.35. The van der Waals surface area contributed by atoms with Gasteiger partial charge in [-0.05, 0) is 49.6 Å². The van der Waals surface area contributed by atoms with Crippen molar-refractivity contribution in [1.82, 2.24) is 9.29 Å². The van der Waals surface area contributed by atoms with Crippen molar-refractivity contribution in [2.24, 2.45) is 0 Å². The van der Waals surface area contributed by atoms with Crippen molar-refractivity contribution in [2.45, 2.75) is 37.4 Å². The summed E-state index contributed by atoms with van der Waals surface area (Å²) >= 11 is 0. The van der Waals surface area contributed by atoms with Gasteiger partial charge in [0.15, 0.2) is 0 Å². The van der Waals surface area contributed by atoms with Gasteiger partial charge in [-0.15, -0.1) is 0 Å². The molecule has 1 aromatic heterocycles. The van der Waals surface area contributed by atoms with Gasteiger partial charge < -0.3 is 4.74 Å². The molecule has 1 atom stereocenters. The molecule has 0 N–H and O–H groups in total. The maximum absolute atomic E-state index is 12.8. The topological polar surface area (TPSA) is 59.5 Å². The zero-order valence-corrected chi connectivity index (χ0v) is 15.6. The van der Waals surface area contributed by atoms with Crippen molar-refractivity contribution in [2.75, 3.05) is 13.1 Å². The van der Waals surface area contributed by atoms with Gasteiger partial charge in [0.05, 0.1) is 17.0 Å².